The largest absolute Gasteiger partial charge is 0.465 e. The van der Waals surface area contributed by atoms with Gasteiger partial charge in [0.25, 0.3) is 0 Å². The third-order valence-corrected chi connectivity index (χ3v) is 3.42. The number of rotatable bonds is 8. The van der Waals surface area contributed by atoms with Crippen molar-refractivity contribution in [2.24, 2.45) is 0 Å². The summed E-state index contributed by atoms with van der Waals surface area (Å²) in [6.07, 6.45) is 0.0739. The molecule has 0 aliphatic carbocycles. The molecular formula is C13H16ClN5O4. The van der Waals surface area contributed by atoms with Crippen molar-refractivity contribution in [2.45, 2.75) is 12.6 Å². The molecular weight excluding hydrogens is 326 g/mol. The molecule has 9 nitrogen and oxygen atoms in total. The van der Waals surface area contributed by atoms with E-state index in [0.29, 0.717) is 10.6 Å². The first-order valence-corrected chi connectivity index (χ1v) is 7.14. The van der Waals surface area contributed by atoms with Crippen LogP contribution >= 0.6 is 11.6 Å². The third-order valence-electron chi connectivity index (χ3n) is 3.08. The van der Waals surface area contributed by atoms with Crippen molar-refractivity contribution in [3.05, 3.63) is 41.2 Å². The first-order chi connectivity index (χ1) is 11.1. The van der Waals surface area contributed by atoms with Crippen LogP contribution in [0.5, 0.6) is 0 Å². The Morgan fingerprint density at radius 1 is 1.43 bits per heavy atom. The predicted molar refractivity (Wildman–Crippen MR) is 79.8 cm³/mol. The van der Waals surface area contributed by atoms with Crippen LogP contribution < -0.4 is 0 Å². The Labute approximate surface area is 137 Å². The first-order valence-electron chi connectivity index (χ1n) is 6.77. The highest BCUT2D eigenvalue weighted by atomic mass is 35.5. The second kappa shape index (κ2) is 8.42. The number of carboxylic acid groups (broad SMARTS) is 1. The van der Waals surface area contributed by atoms with Crippen LogP contribution in [0.1, 0.15) is 11.6 Å². The summed E-state index contributed by atoms with van der Waals surface area (Å²) in [5, 5.41) is 30.0. The molecule has 0 saturated carbocycles. The number of tetrazole rings is 1. The molecule has 0 radical (unpaired) electrons. The number of nitrogens with zero attached hydrogens (tertiary/aromatic N) is 5. The minimum Gasteiger partial charge on any atom is -0.465 e. The Morgan fingerprint density at radius 3 is 2.83 bits per heavy atom. The summed E-state index contributed by atoms with van der Waals surface area (Å²) in [5.74, 6) is 0. The average molecular weight is 342 g/mol. The van der Waals surface area contributed by atoms with Crippen molar-refractivity contribution in [3.63, 3.8) is 0 Å². The summed E-state index contributed by atoms with van der Waals surface area (Å²) in [4.78, 5) is 14.0. The van der Waals surface area contributed by atoms with Gasteiger partial charge in [0, 0.05) is 5.02 Å². The van der Waals surface area contributed by atoms with Crippen LogP contribution in [0.2, 0.25) is 5.02 Å². The lowest BCUT2D eigenvalue weighted by Crippen LogP contribution is -2.38. The van der Waals surface area contributed by atoms with E-state index in [9.17, 15) is 9.90 Å². The van der Waals surface area contributed by atoms with Gasteiger partial charge in [-0.2, -0.15) is 4.80 Å². The van der Waals surface area contributed by atoms with Crippen LogP contribution in [-0.2, 0) is 11.3 Å². The number of aliphatic hydroxyl groups is 1. The number of hydrogen-bond acceptors (Lipinski definition) is 6. The van der Waals surface area contributed by atoms with E-state index in [2.05, 4.69) is 15.4 Å². The normalized spacial score (nSPS) is 12.1. The molecule has 1 heterocycles. The molecule has 10 heteroatoms. The topological polar surface area (TPSA) is 114 Å². The molecule has 0 spiro atoms. The Hall–Kier alpha value is -2.23. The second-order valence-corrected chi connectivity index (χ2v) is 4.95. The number of hydrogen-bond donors (Lipinski definition) is 2. The molecule has 2 rings (SSSR count). The smallest absolute Gasteiger partial charge is 0.409 e. The summed E-state index contributed by atoms with van der Waals surface area (Å²) < 4.78 is 5.15. The minimum atomic E-state index is -1.19. The van der Waals surface area contributed by atoms with E-state index >= 15 is 0 Å². The van der Waals surface area contributed by atoms with Crippen molar-refractivity contribution in [2.75, 3.05) is 19.9 Å². The van der Waals surface area contributed by atoms with Crippen LogP contribution in [-0.4, -0.2) is 61.4 Å². The number of amides is 1. The predicted octanol–water partition coefficient (Wildman–Crippen LogP) is 1.01. The Balaban J connectivity index is 2.30. The summed E-state index contributed by atoms with van der Waals surface area (Å²) in [7, 11) is 0. The van der Waals surface area contributed by atoms with Crippen LogP contribution in [0.15, 0.2) is 30.6 Å². The fourth-order valence-electron chi connectivity index (χ4n) is 2.04. The highest BCUT2D eigenvalue weighted by Gasteiger charge is 2.28. The third kappa shape index (κ3) is 4.62. The number of aromatic nitrogens is 4. The lowest BCUT2D eigenvalue weighted by molar-refractivity contribution is -0.00569. The molecule has 1 atom stereocenters. The van der Waals surface area contributed by atoms with Gasteiger partial charge in [-0.25, -0.2) is 4.79 Å². The number of benzene rings is 1. The Bertz CT molecular complexity index is 625. The van der Waals surface area contributed by atoms with E-state index in [1.807, 2.05) is 0 Å². The number of halogens is 1. The monoisotopic (exact) mass is 341 g/mol. The van der Waals surface area contributed by atoms with Gasteiger partial charge in [0.1, 0.15) is 6.73 Å². The second-order valence-electron chi connectivity index (χ2n) is 4.54. The summed E-state index contributed by atoms with van der Waals surface area (Å²) in [6.45, 7) is -0.269. The molecule has 124 valence electrons. The van der Waals surface area contributed by atoms with E-state index in [-0.39, 0.29) is 26.5 Å². The van der Waals surface area contributed by atoms with Crippen LogP contribution in [0.25, 0.3) is 0 Å². The van der Waals surface area contributed by atoms with Crippen molar-refractivity contribution < 1.29 is 19.7 Å². The maximum atomic E-state index is 11.6. The highest BCUT2D eigenvalue weighted by molar-refractivity contribution is 6.31. The first kappa shape index (κ1) is 17.1. The average Bonchev–Trinajstić information content (AvgIpc) is 3.03. The van der Waals surface area contributed by atoms with Gasteiger partial charge >= 0.3 is 6.09 Å². The zero-order valence-electron chi connectivity index (χ0n) is 12.1. The molecule has 23 heavy (non-hydrogen) atoms. The van der Waals surface area contributed by atoms with E-state index in [1.54, 1.807) is 24.3 Å². The molecule has 1 unspecified atom stereocenters. The van der Waals surface area contributed by atoms with Crippen LogP contribution in [0, 0.1) is 0 Å². The highest BCUT2D eigenvalue weighted by Crippen LogP contribution is 2.28. The summed E-state index contributed by atoms with van der Waals surface area (Å²) >= 11 is 6.20. The van der Waals surface area contributed by atoms with Gasteiger partial charge in [-0.1, -0.05) is 29.8 Å². The number of aliphatic hydroxyl groups excluding tert-OH is 1. The molecule has 2 aromatic rings. The molecule has 2 N–H and O–H groups in total. The Kier molecular flexibility index (Phi) is 6.27. The molecule has 0 saturated heterocycles. The van der Waals surface area contributed by atoms with Crippen molar-refractivity contribution >= 4 is 17.7 Å². The van der Waals surface area contributed by atoms with E-state index in [4.69, 9.17) is 21.4 Å². The Morgan fingerprint density at radius 2 is 2.22 bits per heavy atom. The fourth-order valence-corrected chi connectivity index (χ4v) is 2.30. The minimum absolute atomic E-state index is 0.0284. The van der Waals surface area contributed by atoms with E-state index < -0.39 is 12.1 Å². The molecule has 1 aromatic carbocycles. The molecule has 1 aromatic heterocycles. The van der Waals surface area contributed by atoms with Gasteiger partial charge in [-0.15, -0.1) is 10.2 Å². The molecule has 0 aliphatic rings. The van der Waals surface area contributed by atoms with Crippen LogP contribution in [0.3, 0.4) is 0 Å². The number of ether oxygens (including phenoxy) is 1. The lowest BCUT2D eigenvalue weighted by Gasteiger charge is -2.29. The zero-order valence-corrected chi connectivity index (χ0v) is 12.9. The van der Waals surface area contributed by atoms with Crippen molar-refractivity contribution in [1.29, 1.82) is 0 Å². The van der Waals surface area contributed by atoms with Gasteiger partial charge in [-0.05, 0) is 16.8 Å². The summed E-state index contributed by atoms with van der Waals surface area (Å²) in [5.41, 5.74) is 0.599. The summed E-state index contributed by atoms with van der Waals surface area (Å²) in [6, 6.07) is 6.25. The number of carbonyl (C=O) groups is 1. The van der Waals surface area contributed by atoms with E-state index in [0.717, 1.165) is 4.90 Å². The fraction of sp³-hybridized carbons (Fsp3) is 0.385. The van der Waals surface area contributed by atoms with Crippen molar-refractivity contribution in [3.8, 4) is 0 Å². The van der Waals surface area contributed by atoms with Gasteiger partial charge in [0.05, 0.1) is 25.8 Å². The quantitative estimate of drug-likeness (QED) is 0.544. The molecule has 1 amide bonds. The van der Waals surface area contributed by atoms with Crippen LogP contribution in [0.4, 0.5) is 4.79 Å². The molecule has 0 bridgehead atoms. The SMILES string of the molecule is O=C(O)N(COCCO)C(Cn1ncnn1)c1ccccc1Cl. The van der Waals surface area contributed by atoms with Crippen molar-refractivity contribution in [1.82, 2.24) is 25.1 Å². The van der Waals surface area contributed by atoms with Gasteiger partial charge in [0.2, 0.25) is 0 Å². The lowest BCUT2D eigenvalue weighted by atomic mass is 10.1. The van der Waals surface area contributed by atoms with E-state index in [1.165, 1.54) is 11.1 Å². The maximum absolute atomic E-state index is 11.6. The molecule has 0 fully saturated rings. The maximum Gasteiger partial charge on any atom is 0.409 e. The van der Waals surface area contributed by atoms with Gasteiger partial charge in [0.15, 0.2) is 6.33 Å². The molecule has 0 aliphatic heterocycles. The van der Waals surface area contributed by atoms with Gasteiger partial charge < -0.3 is 14.9 Å². The zero-order chi connectivity index (χ0) is 16.7. The standard InChI is InChI=1S/C13H16ClN5O4/c14-11-4-2-1-3-10(11)12(7-19-16-8-15-17-19)18(13(21)22)9-23-6-5-20/h1-4,8,12,20H,5-7,9H2,(H,21,22). The van der Waals surface area contributed by atoms with Gasteiger partial charge in [-0.3, -0.25) is 4.90 Å².